The van der Waals surface area contributed by atoms with Crippen molar-refractivity contribution in [3.8, 4) is 29.6 Å². The Morgan fingerprint density at radius 3 is 2.62 bits per heavy atom. The van der Waals surface area contributed by atoms with Crippen LogP contribution in [0.5, 0.6) is 17.2 Å². The number of halogens is 1. The van der Waals surface area contributed by atoms with E-state index in [9.17, 15) is 4.79 Å². The van der Waals surface area contributed by atoms with Gasteiger partial charge in [-0.2, -0.15) is 0 Å². The third kappa shape index (κ3) is 5.13. The number of aliphatic imine (C=N–C) groups is 1. The summed E-state index contributed by atoms with van der Waals surface area (Å²) < 4.78 is 16.7. The molecule has 148 valence electrons. The molecule has 6 nitrogen and oxygen atoms in total. The number of nitrogens with zero attached hydrogens (tertiary/aromatic N) is 1. The molecule has 2 aromatic rings. The molecule has 0 radical (unpaired) electrons. The monoisotopic (exact) mass is 472 g/mol. The largest absolute Gasteiger partial charge is 0.497 e. The summed E-state index contributed by atoms with van der Waals surface area (Å²) in [4.78, 5) is 17.3. The van der Waals surface area contributed by atoms with Crippen LogP contribution in [0.1, 0.15) is 5.56 Å². The molecule has 1 saturated heterocycles. The van der Waals surface area contributed by atoms with Crippen molar-refractivity contribution in [2.24, 2.45) is 4.99 Å². The van der Waals surface area contributed by atoms with Crippen molar-refractivity contribution in [2.45, 2.75) is 0 Å². The minimum Gasteiger partial charge on any atom is -0.497 e. The van der Waals surface area contributed by atoms with Gasteiger partial charge < -0.3 is 19.5 Å². The van der Waals surface area contributed by atoms with Crippen LogP contribution in [0.15, 0.2) is 50.8 Å². The number of ether oxygens (including phenoxy) is 3. The summed E-state index contributed by atoms with van der Waals surface area (Å²) in [6, 6.07) is 10.8. The van der Waals surface area contributed by atoms with Crippen LogP contribution in [0.2, 0.25) is 0 Å². The number of thioether (sulfide) groups is 1. The predicted molar refractivity (Wildman–Crippen MR) is 119 cm³/mol. The maximum Gasteiger partial charge on any atom is 0.264 e. The van der Waals surface area contributed by atoms with Crippen molar-refractivity contribution >= 4 is 50.5 Å². The van der Waals surface area contributed by atoms with Gasteiger partial charge in [-0.15, -0.1) is 6.42 Å². The second-order valence-electron chi connectivity index (χ2n) is 5.70. The Labute approximate surface area is 181 Å². The van der Waals surface area contributed by atoms with E-state index in [4.69, 9.17) is 20.6 Å². The standard InChI is InChI=1S/C21H17BrN2O4S/c1-4-9-28-18-12-16(22)13(10-17(18)27-3)11-19-20(25)24-21(29-19)23-14-5-7-15(26-2)8-6-14/h1,5-8,10-12H,9H2,2-3H3,(H,23,24,25)/b19-11+. The van der Waals surface area contributed by atoms with Gasteiger partial charge in [0, 0.05) is 4.47 Å². The molecule has 0 saturated carbocycles. The lowest BCUT2D eigenvalue weighted by Crippen LogP contribution is -2.19. The van der Waals surface area contributed by atoms with E-state index in [1.165, 1.54) is 11.8 Å². The number of hydrogen-bond acceptors (Lipinski definition) is 6. The zero-order valence-corrected chi connectivity index (χ0v) is 18.1. The molecule has 1 aliphatic rings. The summed E-state index contributed by atoms with van der Waals surface area (Å²) >= 11 is 4.76. The van der Waals surface area contributed by atoms with Crippen molar-refractivity contribution in [1.29, 1.82) is 0 Å². The molecule has 0 spiro atoms. The smallest absolute Gasteiger partial charge is 0.264 e. The molecule has 1 fully saturated rings. The third-order valence-electron chi connectivity index (χ3n) is 3.83. The number of carbonyl (C=O) groups is 1. The number of terminal acetylenes is 1. The molecular weight excluding hydrogens is 456 g/mol. The zero-order chi connectivity index (χ0) is 20.8. The fraction of sp³-hybridized carbons (Fsp3) is 0.143. The SMILES string of the molecule is C#CCOc1cc(Br)c(/C=C2/SC(=Nc3ccc(OC)cc3)NC2=O)cc1OC. The minimum atomic E-state index is -0.221. The Morgan fingerprint density at radius 1 is 1.21 bits per heavy atom. The lowest BCUT2D eigenvalue weighted by molar-refractivity contribution is -0.115. The lowest BCUT2D eigenvalue weighted by atomic mass is 10.2. The highest BCUT2D eigenvalue weighted by Crippen LogP contribution is 2.36. The number of benzene rings is 2. The average Bonchev–Trinajstić information content (AvgIpc) is 3.07. The second kappa shape index (κ2) is 9.54. The summed E-state index contributed by atoms with van der Waals surface area (Å²) in [5.41, 5.74) is 1.48. The van der Waals surface area contributed by atoms with E-state index >= 15 is 0 Å². The molecule has 3 rings (SSSR count). The molecular formula is C21H17BrN2O4S. The van der Waals surface area contributed by atoms with Gasteiger partial charge in [-0.1, -0.05) is 21.9 Å². The van der Waals surface area contributed by atoms with E-state index in [0.717, 1.165) is 15.8 Å². The molecule has 29 heavy (non-hydrogen) atoms. The van der Waals surface area contributed by atoms with Crippen LogP contribution in [-0.4, -0.2) is 31.9 Å². The van der Waals surface area contributed by atoms with Gasteiger partial charge in [0.05, 0.1) is 24.8 Å². The molecule has 2 aromatic carbocycles. The summed E-state index contributed by atoms with van der Waals surface area (Å²) in [6.07, 6.45) is 7.00. The van der Waals surface area contributed by atoms with Crippen LogP contribution in [-0.2, 0) is 4.79 Å². The molecule has 0 aromatic heterocycles. The van der Waals surface area contributed by atoms with Gasteiger partial charge in [-0.25, -0.2) is 4.99 Å². The molecule has 0 atom stereocenters. The molecule has 0 aliphatic carbocycles. The van der Waals surface area contributed by atoms with Gasteiger partial charge in [0.1, 0.15) is 12.4 Å². The normalized spacial score (nSPS) is 15.9. The number of amidine groups is 1. The summed E-state index contributed by atoms with van der Waals surface area (Å²) in [6.45, 7) is 0.132. The Bertz CT molecular complexity index is 1030. The molecule has 0 unspecified atom stereocenters. The quantitative estimate of drug-likeness (QED) is 0.499. The molecule has 0 bridgehead atoms. The van der Waals surface area contributed by atoms with E-state index in [1.807, 2.05) is 24.3 Å². The van der Waals surface area contributed by atoms with Crippen LogP contribution in [0.4, 0.5) is 5.69 Å². The molecule has 1 N–H and O–H groups in total. The number of nitrogens with one attached hydrogen (secondary N) is 1. The van der Waals surface area contributed by atoms with E-state index in [1.54, 1.807) is 32.4 Å². The fourth-order valence-electron chi connectivity index (χ4n) is 2.45. The zero-order valence-electron chi connectivity index (χ0n) is 15.7. The van der Waals surface area contributed by atoms with Crippen LogP contribution in [0.3, 0.4) is 0 Å². The molecule has 1 amide bonds. The first-order valence-corrected chi connectivity index (χ1v) is 10.0. The number of amides is 1. The summed E-state index contributed by atoms with van der Waals surface area (Å²) in [5.74, 6) is 3.97. The average molecular weight is 473 g/mol. The van der Waals surface area contributed by atoms with Gasteiger partial charge in [-0.05, 0) is 59.8 Å². The van der Waals surface area contributed by atoms with E-state index in [0.29, 0.717) is 27.3 Å². The number of carbonyl (C=O) groups excluding carboxylic acids is 1. The van der Waals surface area contributed by atoms with Gasteiger partial charge >= 0.3 is 0 Å². The number of hydrogen-bond donors (Lipinski definition) is 1. The van der Waals surface area contributed by atoms with Crippen molar-refractivity contribution in [3.05, 3.63) is 51.3 Å². The first-order valence-electron chi connectivity index (χ1n) is 8.41. The fourth-order valence-corrected chi connectivity index (χ4v) is 3.72. The van der Waals surface area contributed by atoms with E-state index in [-0.39, 0.29) is 12.5 Å². The van der Waals surface area contributed by atoms with E-state index < -0.39 is 0 Å². The Balaban J connectivity index is 1.84. The Kier molecular flexibility index (Phi) is 6.86. The number of methoxy groups -OCH3 is 2. The van der Waals surface area contributed by atoms with Crippen molar-refractivity contribution in [3.63, 3.8) is 0 Å². The molecule has 1 heterocycles. The van der Waals surface area contributed by atoms with Gasteiger partial charge in [0.2, 0.25) is 0 Å². The van der Waals surface area contributed by atoms with Crippen molar-refractivity contribution in [1.82, 2.24) is 5.32 Å². The number of rotatable bonds is 6. The maximum absolute atomic E-state index is 12.4. The Morgan fingerprint density at radius 2 is 1.97 bits per heavy atom. The topological polar surface area (TPSA) is 69.2 Å². The first kappa shape index (κ1) is 20.8. The Hall–Kier alpha value is -2.89. The minimum absolute atomic E-state index is 0.132. The van der Waals surface area contributed by atoms with Gasteiger partial charge in [-0.3, -0.25) is 4.79 Å². The van der Waals surface area contributed by atoms with Crippen LogP contribution < -0.4 is 19.5 Å². The van der Waals surface area contributed by atoms with Gasteiger partial charge in [0.25, 0.3) is 5.91 Å². The van der Waals surface area contributed by atoms with Crippen LogP contribution in [0.25, 0.3) is 6.08 Å². The summed E-state index contributed by atoms with van der Waals surface area (Å²) in [5, 5.41) is 3.27. The second-order valence-corrected chi connectivity index (χ2v) is 7.58. The lowest BCUT2D eigenvalue weighted by Gasteiger charge is -2.11. The maximum atomic E-state index is 12.4. The van der Waals surface area contributed by atoms with Crippen LogP contribution >= 0.6 is 27.7 Å². The summed E-state index contributed by atoms with van der Waals surface area (Å²) in [7, 11) is 3.14. The molecule has 1 aliphatic heterocycles. The highest BCUT2D eigenvalue weighted by Gasteiger charge is 2.24. The first-order chi connectivity index (χ1) is 14.0. The van der Waals surface area contributed by atoms with E-state index in [2.05, 4.69) is 32.2 Å². The highest BCUT2D eigenvalue weighted by atomic mass is 79.9. The van der Waals surface area contributed by atoms with Crippen LogP contribution in [0, 0.1) is 12.3 Å². The van der Waals surface area contributed by atoms with Gasteiger partial charge in [0.15, 0.2) is 16.7 Å². The van der Waals surface area contributed by atoms with Crippen molar-refractivity contribution in [2.75, 3.05) is 20.8 Å². The molecule has 8 heteroatoms. The van der Waals surface area contributed by atoms with Crippen molar-refractivity contribution < 1.29 is 19.0 Å². The highest BCUT2D eigenvalue weighted by molar-refractivity contribution is 9.10. The predicted octanol–water partition coefficient (Wildman–Crippen LogP) is 4.37. The third-order valence-corrected chi connectivity index (χ3v) is 5.43.